The Morgan fingerprint density at radius 2 is 2.33 bits per heavy atom. The molecule has 1 aromatic carbocycles. The standard InChI is InChI=1S/C12H15N5O/c1-8-3-2-4-9(7-8)5-6-14-11(18)10-15-12(13)17-16-10/h2-4,7H,5-6H2,1H3,(H,14,18)(H3,13,15,16,17). The van der Waals surface area contributed by atoms with Crippen LogP contribution in [0.2, 0.25) is 0 Å². The van der Waals surface area contributed by atoms with E-state index in [0.717, 1.165) is 6.42 Å². The van der Waals surface area contributed by atoms with Crippen LogP contribution >= 0.6 is 0 Å². The summed E-state index contributed by atoms with van der Waals surface area (Å²) in [6.07, 6.45) is 0.775. The van der Waals surface area contributed by atoms with E-state index in [1.165, 1.54) is 11.1 Å². The molecule has 0 bridgehead atoms. The number of nitrogen functional groups attached to an aromatic ring is 1. The second-order valence-corrected chi connectivity index (χ2v) is 4.04. The monoisotopic (exact) mass is 245 g/mol. The zero-order valence-electron chi connectivity index (χ0n) is 10.1. The smallest absolute Gasteiger partial charge is 0.288 e. The predicted octanol–water partition coefficient (Wildman–Crippen LogP) is 0.668. The van der Waals surface area contributed by atoms with Gasteiger partial charge in [-0.1, -0.05) is 29.8 Å². The minimum Gasteiger partial charge on any atom is -0.366 e. The number of nitrogens with one attached hydrogen (secondary N) is 2. The number of aromatic nitrogens is 3. The van der Waals surface area contributed by atoms with E-state index in [-0.39, 0.29) is 17.7 Å². The molecule has 1 aromatic heterocycles. The highest BCUT2D eigenvalue weighted by Gasteiger charge is 2.09. The summed E-state index contributed by atoms with van der Waals surface area (Å²) in [5.41, 5.74) is 7.72. The SMILES string of the molecule is Cc1cccc(CCNC(=O)c2nc(N)n[nH]2)c1. The van der Waals surface area contributed by atoms with E-state index < -0.39 is 0 Å². The Morgan fingerprint density at radius 3 is 3.00 bits per heavy atom. The van der Waals surface area contributed by atoms with Crippen molar-refractivity contribution < 1.29 is 4.79 Å². The van der Waals surface area contributed by atoms with Crippen molar-refractivity contribution in [2.24, 2.45) is 0 Å². The van der Waals surface area contributed by atoms with E-state index in [9.17, 15) is 4.79 Å². The quantitative estimate of drug-likeness (QED) is 0.737. The summed E-state index contributed by atoms with van der Waals surface area (Å²) in [6, 6.07) is 8.17. The normalized spacial score (nSPS) is 10.3. The highest BCUT2D eigenvalue weighted by atomic mass is 16.2. The predicted molar refractivity (Wildman–Crippen MR) is 68.0 cm³/mol. The van der Waals surface area contributed by atoms with Crippen molar-refractivity contribution in [1.29, 1.82) is 0 Å². The summed E-state index contributed by atoms with van der Waals surface area (Å²) in [5.74, 6) is -0.0950. The van der Waals surface area contributed by atoms with Crippen LogP contribution in [0.15, 0.2) is 24.3 Å². The number of amides is 1. The van der Waals surface area contributed by atoms with Crippen LogP contribution < -0.4 is 11.1 Å². The van der Waals surface area contributed by atoms with Gasteiger partial charge in [0, 0.05) is 6.54 Å². The van der Waals surface area contributed by atoms with Gasteiger partial charge in [0.1, 0.15) is 0 Å². The van der Waals surface area contributed by atoms with Crippen molar-refractivity contribution in [3.8, 4) is 0 Å². The minimum atomic E-state index is -0.299. The third-order valence-electron chi connectivity index (χ3n) is 2.50. The Labute approximate surface area is 105 Å². The van der Waals surface area contributed by atoms with E-state index in [1.807, 2.05) is 25.1 Å². The van der Waals surface area contributed by atoms with Crippen LogP contribution in [0, 0.1) is 6.92 Å². The van der Waals surface area contributed by atoms with Gasteiger partial charge in [-0.05, 0) is 18.9 Å². The summed E-state index contributed by atoms with van der Waals surface area (Å²) < 4.78 is 0. The van der Waals surface area contributed by atoms with Crippen LogP contribution in [0.3, 0.4) is 0 Å². The molecular weight excluding hydrogens is 230 g/mol. The van der Waals surface area contributed by atoms with Gasteiger partial charge in [-0.15, -0.1) is 5.10 Å². The van der Waals surface area contributed by atoms with Crippen LogP contribution in [0.4, 0.5) is 5.95 Å². The number of carbonyl (C=O) groups excluding carboxylic acids is 1. The number of rotatable bonds is 4. The van der Waals surface area contributed by atoms with Crippen molar-refractivity contribution in [3.05, 3.63) is 41.2 Å². The lowest BCUT2D eigenvalue weighted by Crippen LogP contribution is -2.26. The molecule has 6 heteroatoms. The first-order valence-electron chi connectivity index (χ1n) is 5.67. The van der Waals surface area contributed by atoms with E-state index in [4.69, 9.17) is 5.73 Å². The molecule has 18 heavy (non-hydrogen) atoms. The van der Waals surface area contributed by atoms with Gasteiger partial charge < -0.3 is 11.1 Å². The van der Waals surface area contributed by atoms with Gasteiger partial charge >= 0.3 is 0 Å². The Balaban J connectivity index is 1.84. The summed E-state index contributed by atoms with van der Waals surface area (Å²) in [6.45, 7) is 2.59. The number of nitrogens with two attached hydrogens (primary N) is 1. The molecule has 0 radical (unpaired) electrons. The third kappa shape index (κ3) is 3.07. The average Bonchev–Trinajstić information content (AvgIpc) is 2.76. The molecule has 0 fully saturated rings. The van der Waals surface area contributed by atoms with Crippen LogP contribution in [-0.4, -0.2) is 27.6 Å². The molecule has 0 saturated heterocycles. The number of benzene rings is 1. The third-order valence-corrected chi connectivity index (χ3v) is 2.50. The number of anilines is 1. The molecule has 2 aromatic rings. The maximum atomic E-state index is 11.6. The van der Waals surface area contributed by atoms with E-state index in [2.05, 4.69) is 26.6 Å². The molecule has 0 aliphatic carbocycles. The number of nitrogens with zero attached hydrogens (tertiary/aromatic N) is 2. The van der Waals surface area contributed by atoms with Gasteiger partial charge in [0.05, 0.1) is 0 Å². The second kappa shape index (κ2) is 5.31. The molecule has 2 rings (SSSR count). The Kier molecular flexibility index (Phi) is 3.57. The summed E-state index contributed by atoms with van der Waals surface area (Å²) in [5, 5.41) is 8.81. The van der Waals surface area contributed by atoms with Crippen LogP contribution in [0.25, 0.3) is 0 Å². The average molecular weight is 245 g/mol. The lowest BCUT2D eigenvalue weighted by atomic mass is 10.1. The highest BCUT2D eigenvalue weighted by molar-refractivity contribution is 5.90. The molecular formula is C12H15N5O. The summed E-state index contributed by atoms with van der Waals surface area (Å²) in [7, 11) is 0. The van der Waals surface area contributed by atoms with E-state index in [1.54, 1.807) is 0 Å². The molecule has 1 heterocycles. The van der Waals surface area contributed by atoms with Crippen LogP contribution in [-0.2, 0) is 6.42 Å². The Hall–Kier alpha value is -2.37. The molecule has 0 saturated carbocycles. The first kappa shape index (κ1) is 12.1. The fraction of sp³-hybridized carbons (Fsp3) is 0.250. The molecule has 0 atom stereocenters. The lowest BCUT2D eigenvalue weighted by Gasteiger charge is -2.04. The number of hydrogen-bond donors (Lipinski definition) is 3. The molecule has 6 nitrogen and oxygen atoms in total. The summed E-state index contributed by atoms with van der Waals surface area (Å²) in [4.78, 5) is 15.4. The lowest BCUT2D eigenvalue weighted by molar-refractivity contribution is 0.0944. The number of carbonyl (C=O) groups is 1. The van der Waals surface area contributed by atoms with Gasteiger partial charge in [-0.3, -0.25) is 9.89 Å². The molecule has 4 N–H and O–H groups in total. The van der Waals surface area contributed by atoms with E-state index >= 15 is 0 Å². The number of hydrogen-bond acceptors (Lipinski definition) is 4. The van der Waals surface area contributed by atoms with Crippen molar-refractivity contribution in [3.63, 3.8) is 0 Å². The fourth-order valence-corrected chi connectivity index (χ4v) is 1.65. The molecule has 1 amide bonds. The second-order valence-electron chi connectivity index (χ2n) is 4.04. The maximum Gasteiger partial charge on any atom is 0.288 e. The zero-order chi connectivity index (χ0) is 13.0. The van der Waals surface area contributed by atoms with Gasteiger partial charge in [0.2, 0.25) is 11.8 Å². The number of aryl methyl sites for hydroxylation is 1. The van der Waals surface area contributed by atoms with Gasteiger partial charge in [0.25, 0.3) is 5.91 Å². The molecule has 94 valence electrons. The molecule has 0 spiro atoms. The molecule has 0 unspecified atom stereocenters. The molecule has 0 aliphatic rings. The first-order chi connectivity index (χ1) is 8.65. The fourth-order valence-electron chi connectivity index (χ4n) is 1.65. The molecule has 0 aliphatic heterocycles. The first-order valence-corrected chi connectivity index (χ1v) is 5.67. The van der Waals surface area contributed by atoms with Crippen molar-refractivity contribution in [2.45, 2.75) is 13.3 Å². The zero-order valence-corrected chi connectivity index (χ0v) is 10.1. The van der Waals surface area contributed by atoms with E-state index in [0.29, 0.717) is 6.54 Å². The largest absolute Gasteiger partial charge is 0.366 e. The maximum absolute atomic E-state index is 11.6. The van der Waals surface area contributed by atoms with Gasteiger partial charge in [-0.25, -0.2) is 0 Å². The van der Waals surface area contributed by atoms with Crippen LogP contribution in [0.5, 0.6) is 0 Å². The van der Waals surface area contributed by atoms with Crippen molar-refractivity contribution in [2.75, 3.05) is 12.3 Å². The van der Waals surface area contributed by atoms with Gasteiger partial charge in [-0.2, -0.15) is 4.98 Å². The minimum absolute atomic E-state index is 0.0684. The van der Waals surface area contributed by atoms with Gasteiger partial charge in [0.15, 0.2) is 0 Å². The van der Waals surface area contributed by atoms with Crippen LogP contribution in [0.1, 0.15) is 21.7 Å². The Bertz CT molecular complexity index is 549. The number of aromatic amines is 1. The van der Waals surface area contributed by atoms with Crippen molar-refractivity contribution in [1.82, 2.24) is 20.5 Å². The summed E-state index contributed by atoms with van der Waals surface area (Å²) >= 11 is 0. The number of H-pyrrole nitrogens is 1. The topological polar surface area (TPSA) is 96.7 Å². The van der Waals surface area contributed by atoms with Crippen molar-refractivity contribution >= 4 is 11.9 Å². The Morgan fingerprint density at radius 1 is 1.50 bits per heavy atom. The highest BCUT2D eigenvalue weighted by Crippen LogP contribution is 2.04.